The van der Waals surface area contributed by atoms with E-state index in [1.54, 1.807) is 23.8 Å². The van der Waals surface area contributed by atoms with Crippen molar-refractivity contribution in [2.75, 3.05) is 74.8 Å². The van der Waals surface area contributed by atoms with Crippen LogP contribution < -0.4 is 37.2 Å². The number of likely N-dealkylation sites (tertiary alicyclic amines) is 1. The van der Waals surface area contributed by atoms with Gasteiger partial charge in [0.05, 0.1) is 42.7 Å². The molecule has 2 rings (SSSR count). The number of carbonyl (C=O) groups is 9. The highest BCUT2D eigenvalue weighted by molar-refractivity contribution is 5.93. The molecule has 1 heterocycles. The van der Waals surface area contributed by atoms with Crippen molar-refractivity contribution >= 4 is 53.2 Å². The SMILES string of the molecule is CC.CCOCCCNC(=O)CCC(=O)NC(C)C(=O)NC(C)C(=O)NCCNC(=O)C(Cc1ccccc1)NC(=O)C(C)C(OC)C1CCCN1C(=O)CC(OC)C(C(C)CC)N(C)C(=O)C(NC(=O)C(C(C)C)N(C)C)C(C)C. The lowest BCUT2D eigenvalue weighted by atomic mass is 9.89. The van der Waals surface area contributed by atoms with Crippen molar-refractivity contribution in [3.8, 4) is 0 Å². The third-order valence-electron chi connectivity index (χ3n) is 14.7. The van der Waals surface area contributed by atoms with Gasteiger partial charge in [-0.25, -0.2) is 0 Å². The van der Waals surface area contributed by atoms with Gasteiger partial charge in [0.2, 0.25) is 53.2 Å². The standard InChI is InChI=1S/C57H98N10O12.C2H6/c1-16-37(7)50(66(13)57(76)48(35(3)4)64-56(75)49(36(5)6)65(11)12)44(77-14)34-47(70)67-31-21-25-43(67)51(78-15)38(8)52(71)63-42(33-41-23-19-18-20-24-41)55(74)60-30-29-59-53(72)39(9)62-54(73)40(10)61-46(69)27-26-45(68)58-28-22-32-79-17-2;1-2/h18-20,23-24,35-40,42-44,48-51H,16-17,21-22,25-34H2,1-15H3,(H,58,68)(H,59,72)(H,60,74)(H,61,69)(H,62,73)(H,63,71)(H,64,75);1-2H3. The minimum absolute atomic E-state index is 0.00372. The minimum Gasteiger partial charge on any atom is -0.382 e. The molecule has 0 radical (unpaired) electrons. The molecule has 1 aliphatic rings. The van der Waals surface area contributed by atoms with Crippen LogP contribution in [0.2, 0.25) is 0 Å². The second kappa shape index (κ2) is 38.9. The van der Waals surface area contributed by atoms with E-state index in [9.17, 15) is 43.2 Å². The number of hydrogen-bond acceptors (Lipinski definition) is 13. The molecule has 462 valence electrons. The molecular weight excluding hydrogens is 1040 g/mol. The van der Waals surface area contributed by atoms with Crippen molar-refractivity contribution in [3.63, 3.8) is 0 Å². The van der Waals surface area contributed by atoms with Crippen molar-refractivity contribution < 1.29 is 57.4 Å². The lowest BCUT2D eigenvalue weighted by Gasteiger charge is -2.41. The molecule has 9 amide bonds. The molecule has 0 spiro atoms. The minimum atomic E-state index is -1.03. The third kappa shape index (κ3) is 24.7. The topological polar surface area (TPSA) is 275 Å². The second-order valence-corrected chi connectivity index (χ2v) is 21.7. The van der Waals surface area contributed by atoms with Crippen LogP contribution in [0, 0.1) is 23.7 Å². The molecule has 22 nitrogen and oxygen atoms in total. The summed E-state index contributed by atoms with van der Waals surface area (Å²) < 4.78 is 17.3. The number of hydrogen-bond donors (Lipinski definition) is 7. The van der Waals surface area contributed by atoms with E-state index in [0.717, 1.165) is 5.56 Å². The fourth-order valence-electron chi connectivity index (χ4n) is 10.1. The molecule has 7 N–H and O–H groups in total. The normalized spacial score (nSPS) is 16.9. The molecule has 1 fully saturated rings. The monoisotopic (exact) mass is 1140 g/mol. The van der Waals surface area contributed by atoms with Gasteiger partial charge in [-0.2, -0.15) is 0 Å². The average Bonchev–Trinajstić information content (AvgIpc) is 3.94. The summed E-state index contributed by atoms with van der Waals surface area (Å²) in [5.74, 6) is -4.79. The number of benzene rings is 1. The molecule has 22 heteroatoms. The molecule has 0 aromatic heterocycles. The summed E-state index contributed by atoms with van der Waals surface area (Å²) in [5, 5.41) is 19.2. The predicted molar refractivity (Wildman–Crippen MR) is 313 cm³/mol. The van der Waals surface area contributed by atoms with Crippen LogP contribution in [0.15, 0.2) is 30.3 Å². The van der Waals surface area contributed by atoms with Gasteiger partial charge in [-0.05, 0) is 77.4 Å². The van der Waals surface area contributed by atoms with E-state index in [1.165, 1.54) is 28.1 Å². The third-order valence-corrected chi connectivity index (χ3v) is 14.7. The first-order chi connectivity index (χ1) is 38.3. The van der Waals surface area contributed by atoms with E-state index in [4.69, 9.17) is 14.2 Å². The van der Waals surface area contributed by atoms with E-state index in [-0.39, 0.29) is 80.2 Å². The summed E-state index contributed by atoms with van der Waals surface area (Å²) >= 11 is 0. The maximum absolute atomic E-state index is 14.5. The van der Waals surface area contributed by atoms with Crippen LogP contribution >= 0.6 is 0 Å². The summed E-state index contributed by atoms with van der Waals surface area (Å²) in [6.45, 7) is 24.2. The van der Waals surface area contributed by atoms with Gasteiger partial charge in [0.1, 0.15) is 24.2 Å². The van der Waals surface area contributed by atoms with Gasteiger partial charge in [0, 0.05) is 79.9 Å². The van der Waals surface area contributed by atoms with Crippen molar-refractivity contribution in [3.05, 3.63) is 35.9 Å². The van der Waals surface area contributed by atoms with Crippen LogP contribution in [-0.2, 0) is 63.8 Å². The maximum Gasteiger partial charge on any atom is 0.245 e. The van der Waals surface area contributed by atoms with Gasteiger partial charge in [-0.3, -0.25) is 48.1 Å². The van der Waals surface area contributed by atoms with E-state index in [1.807, 2.05) is 112 Å². The molecule has 0 bridgehead atoms. The highest BCUT2D eigenvalue weighted by atomic mass is 16.5. The Morgan fingerprint density at radius 2 is 1.28 bits per heavy atom. The number of nitrogens with zero attached hydrogens (tertiary/aromatic N) is 3. The Morgan fingerprint density at radius 3 is 1.84 bits per heavy atom. The van der Waals surface area contributed by atoms with E-state index in [2.05, 4.69) is 37.2 Å². The fraction of sp³-hybridized carbons (Fsp3) is 0.746. The van der Waals surface area contributed by atoms with E-state index >= 15 is 0 Å². The van der Waals surface area contributed by atoms with Gasteiger partial charge < -0.3 is 61.2 Å². The summed E-state index contributed by atoms with van der Waals surface area (Å²) in [7, 11) is 8.39. The molecule has 11 atom stereocenters. The fourth-order valence-corrected chi connectivity index (χ4v) is 10.1. The molecule has 11 unspecified atom stereocenters. The molecule has 1 saturated heterocycles. The predicted octanol–water partition coefficient (Wildman–Crippen LogP) is 2.95. The lowest BCUT2D eigenvalue weighted by Crippen LogP contribution is -2.59. The lowest BCUT2D eigenvalue weighted by molar-refractivity contribution is -0.148. The molecular formula is C59H104N10O12. The average molecular weight is 1150 g/mol. The Morgan fingerprint density at radius 1 is 0.679 bits per heavy atom. The summed E-state index contributed by atoms with van der Waals surface area (Å²) in [6.07, 6.45) is 0.998. The molecule has 1 aromatic carbocycles. The molecule has 81 heavy (non-hydrogen) atoms. The number of ether oxygens (including phenoxy) is 3. The van der Waals surface area contributed by atoms with Crippen LogP contribution in [0.5, 0.6) is 0 Å². The van der Waals surface area contributed by atoms with Crippen LogP contribution in [0.3, 0.4) is 0 Å². The van der Waals surface area contributed by atoms with Crippen LogP contribution in [0.1, 0.15) is 134 Å². The Hall–Kier alpha value is -5.71. The zero-order valence-electron chi connectivity index (χ0n) is 52.0. The summed E-state index contributed by atoms with van der Waals surface area (Å²) in [5.41, 5.74) is 0.786. The Bertz CT molecular complexity index is 2090. The van der Waals surface area contributed by atoms with Crippen LogP contribution in [-0.4, -0.2) is 197 Å². The van der Waals surface area contributed by atoms with Crippen molar-refractivity contribution in [1.29, 1.82) is 0 Å². The van der Waals surface area contributed by atoms with Crippen molar-refractivity contribution in [2.45, 2.75) is 189 Å². The highest BCUT2D eigenvalue weighted by Crippen LogP contribution is 2.30. The first-order valence-electron chi connectivity index (χ1n) is 29.3. The summed E-state index contributed by atoms with van der Waals surface area (Å²) in [6, 6.07) is 3.88. The maximum atomic E-state index is 14.5. The number of likely N-dealkylation sites (N-methyl/N-ethyl adjacent to an activating group) is 2. The number of methoxy groups -OCH3 is 2. The zero-order valence-corrected chi connectivity index (χ0v) is 52.0. The van der Waals surface area contributed by atoms with Crippen molar-refractivity contribution in [1.82, 2.24) is 51.9 Å². The first kappa shape index (κ1) is 73.3. The van der Waals surface area contributed by atoms with Crippen molar-refractivity contribution in [2.24, 2.45) is 23.7 Å². The Balaban J connectivity index is 0.0000162. The van der Waals surface area contributed by atoms with E-state index in [0.29, 0.717) is 52.0 Å². The smallest absolute Gasteiger partial charge is 0.245 e. The molecule has 1 aromatic rings. The quantitative estimate of drug-likeness (QED) is 0.0477. The first-order valence-corrected chi connectivity index (χ1v) is 29.3. The van der Waals surface area contributed by atoms with Crippen LogP contribution in [0.25, 0.3) is 0 Å². The molecule has 0 aliphatic carbocycles. The molecule has 1 aliphatic heterocycles. The van der Waals surface area contributed by atoms with Gasteiger partial charge >= 0.3 is 0 Å². The van der Waals surface area contributed by atoms with Gasteiger partial charge in [-0.15, -0.1) is 0 Å². The van der Waals surface area contributed by atoms with Gasteiger partial charge in [0.15, 0.2) is 0 Å². The molecule has 0 saturated carbocycles. The Kier molecular flexibility index (Phi) is 35.2. The Labute approximate surface area is 484 Å². The zero-order chi connectivity index (χ0) is 61.5. The number of rotatable bonds is 36. The van der Waals surface area contributed by atoms with Gasteiger partial charge in [-0.1, -0.05) is 99.1 Å². The van der Waals surface area contributed by atoms with E-state index < -0.39 is 90.0 Å². The van der Waals surface area contributed by atoms with Gasteiger partial charge in [0.25, 0.3) is 0 Å². The largest absolute Gasteiger partial charge is 0.382 e. The highest BCUT2D eigenvalue weighted by Gasteiger charge is 2.43. The number of amides is 9. The van der Waals surface area contributed by atoms with Crippen LogP contribution in [0.4, 0.5) is 0 Å². The number of nitrogens with one attached hydrogen (secondary N) is 7. The second-order valence-electron chi connectivity index (χ2n) is 21.7. The summed E-state index contributed by atoms with van der Waals surface area (Å²) in [4.78, 5) is 126. The number of carbonyl (C=O) groups excluding carboxylic acids is 9.